The molecule has 5 heteroatoms. The minimum Gasteiger partial charge on any atom is -0.493 e. The first-order chi connectivity index (χ1) is 10.7. The average molecular weight is 305 g/mol. The van der Waals surface area contributed by atoms with E-state index in [0.717, 1.165) is 43.6 Å². The molecule has 1 atom stereocenters. The summed E-state index contributed by atoms with van der Waals surface area (Å²) in [6.45, 7) is 1.81. The number of fused-ring (bicyclic) bond motifs is 1. The minimum absolute atomic E-state index is 0.0466. The van der Waals surface area contributed by atoms with Gasteiger partial charge in [0.2, 0.25) is 0 Å². The van der Waals surface area contributed by atoms with Gasteiger partial charge in [-0.15, -0.1) is 0 Å². The van der Waals surface area contributed by atoms with Crippen molar-refractivity contribution in [2.75, 3.05) is 26.3 Å². The topological polar surface area (TPSA) is 70.0 Å². The van der Waals surface area contributed by atoms with Gasteiger partial charge in [-0.2, -0.15) is 0 Å². The summed E-state index contributed by atoms with van der Waals surface area (Å²) in [6.07, 6.45) is 2.76. The number of rotatable bonds is 3. The average Bonchev–Trinajstić information content (AvgIpc) is 2.60. The fourth-order valence-electron chi connectivity index (χ4n) is 3.31. The maximum atomic E-state index is 12.6. The second-order valence-electron chi connectivity index (χ2n) is 6.15. The van der Waals surface area contributed by atoms with Crippen LogP contribution in [0.2, 0.25) is 0 Å². The van der Waals surface area contributed by atoms with E-state index >= 15 is 0 Å². The Morgan fingerprint density at radius 1 is 1.36 bits per heavy atom. The number of amides is 1. The quantitative estimate of drug-likeness (QED) is 0.881. The van der Waals surface area contributed by atoms with E-state index < -0.39 is 6.10 Å². The molecule has 2 aliphatic heterocycles. The van der Waals surface area contributed by atoms with E-state index in [-0.39, 0.29) is 18.4 Å². The Kier molecular flexibility index (Phi) is 4.64. The van der Waals surface area contributed by atoms with Gasteiger partial charge in [0.15, 0.2) is 0 Å². The molecule has 3 rings (SSSR count). The van der Waals surface area contributed by atoms with Gasteiger partial charge in [0.25, 0.3) is 5.91 Å². The lowest BCUT2D eigenvalue weighted by Gasteiger charge is -2.34. The lowest BCUT2D eigenvalue weighted by atomic mass is 9.91. The van der Waals surface area contributed by atoms with Gasteiger partial charge in [-0.3, -0.25) is 4.79 Å². The minimum atomic E-state index is -0.668. The standard InChI is InChI=1S/C17H23NO4/c19-11-15(20)12-5-7-18(8-6-12)17(21)14-3-4-16-13(10-14)2-1-9-22-16/h3-4,10,12,15,19-20H,1-2,5-9,11H2. The largest absolute Gasteiger partial charge is 0.493 e. The first-order valence-electron chi connectivity index (χ1n) is 8.03. The number of nitrogens with zero attached hydrogens (tertiary/aromatic N) is 1. The molecule has 0 bridgehead atoms. The third-order valence-electron chi connectivity index (χ3n) is 4.71. The van der Waals surface area contributed by atoms with E-state index in [0.29, 0.717) is 18.7 Å². The molecule has 1 aromatic carbocycles. The molecule has 1 aromatic rings. The van der Waals surface area contributed by atoms with E-state index in [1.165, 1.54) is 0 Å². The number of aliphatic hydroxyl groups excluding tert-OH is 2. The molecule has 0 aromatic heterocycles. The summed E-state index contributed by atoms with van der Waals surface area (Å²) in [5, 5.41) is 18.7. The summed E-state index contributed by atoms with van der Waals surface area (Å²) < 4.78 is 5.58. The molecule has 5 nitrogen and oxygen atoms in total. The lowest BCUT2D eigenvalue weighted by molar-refractivity contribution is 0.0179. The van der Waals surface area contributed by atoms with Gasteiger partial charge in [-0.05, 0) is 55.4 Å². The van der Waals surface area contributed by atoms with Crippen molar-refractivity contribution in [2.24, 2.45) is 5.92 Å². The number of piperidine rings is 1. The Balaban J connectivity index is 1.65. The number of hydrogen-bond acceptors (Lipinski definition) is 4. The number of hydrogen-bond donors (Lipinski definition) is 2. The van der Waals surface area contributed by atoms with Crippen LogP contribution in [0.5, 0.6) is 5.75 Å². The number of aliphatic hydroxyl groups is 2. The Hall–Kier alpha value is -1.59. The maximum absolute atomic E-state index is 12.6. The summed E-state index contributed by atoms with van der Waals surface area (Å²) in [5.41, 5.74) is 1.83. The van der Waals surface area contributed by atoms with E-state index in [2.05, 4.69) is 0 Å². The van der Waals surface area contributed by atoms with Crippen LogP contribution in [0.1, 0.15) is 35.2 Å². The normalized spacial score (nSPS) is 20.2. The highest BCUT2D eigenvalue weighted by atomic mass is 16.5. The summed E-state index contributed by atoms with van der Waals surface area (Å²) in [4.78, 5) is 14.4. The molecular formula is C17H23NO4. The Labute approximate surface area is 130 Å². The second-order valence-corrected chi connectivity index (χ2v) is 6.15. The number of benzene rings is 1. The van der Waals surface area contributed by atoms with Crippen LogP contribution in [-0.2, 0) is 6.42 Å². The molecular weight excluding hydrogens is 282 g/mol. The van der Waals surface area contributed by atoms with Gasteiger partial charge in [-0.1, -0.05) is 0 Å². The van der Waals surface area contributed by atoms with Crippen molar-refractivity contribution >= 4 is 5.91 Å². The first kappa shape index (κ1) is 15.3. The van der Waals surface area contributed by atoms with Gasteiger partial charge in [0.1, 0.15) is 5.75 Å². The zero-order chi connectivity index (χ0) is 15.5. The molecule has 0 aliphatic carbocycles. The number of likely N-dealkylation sites (tertiary alicyclic amines) is 1. The molecule has 2 aliphatic rings. The van der Waals surface area contributed by atoms with Crippen LogP contribution in [0.4, 0.5) is 0 Å². The zero-order valence-electron chi connectivity index (χ0n) is 12.7. The highest BCUT2D eigenvalue weighted by molar-refractivity contribution is 5.94. The fourth-order valence-corrected chi connectivity index (χ4v) is 3.31. The van der Waals surface area contributed by atoms with Crippen LogP contribution in [-0.4, -0.2) is 53.4 Å². The van der Waals surface area contributed by atoms with Crippen molar-refractivity contribution in [2.45, 2.75) is 31.8 Å². The second kappa shape index (κ2) is 6.67. The molecule has 0 saturated carbocycles. The highest BCUT2D eigenvalue weighted by Crippen LogP contribution is 2.27. The molecule has 0 radical (unpaired) electrons. The summed E-state index contributed by atoms with van der Waals surface area (Å²) >= 11 is 0. The monoisotopic (exact) mass is 305 g/mol. The molecule has 0 spiro atoms. The van der Waals surface area contributed by atoms with Crippen LogP contribution in [0.25, 0.3) is 0 Å². The number of aryl methyl sites for hydroxylation is 1. The van der Waals surface area contributed by atoms with Crippen LogP contribution >= 0.6 is 0 Å². The summed E-state index contributed by atoms with van der Waals surface area (Å²) in [6, 6.07) is 5.68. The molecule has 1 fully saturated rings. The van der Waals surface area contributed by atoms with Crippen molar-refractivity contribution in [3.05, 3.63) is 29.3 Å². The molecule has 2 heterocycles. The van der Waals surface area contributed by atoms with Gasteiger partial charge in [-0.25, -0.2) is 0 Å². The Morgan fingerprint density at radius 3 is 2.86 bits per heavy atom. The van der Waals surface area contributed by atoms with Crippen molar-refractivity contribution in [3.8, 4) is 5.75 Å². The smallest absolute Gasteiger partial charge is 0.253 e. The summed E-state index contributed by atoms with van der Waals surface area (Å²) in [7, 11) is 0. The van der Waals surface area contributed by atoms with Gasteiger partial charge < -0.3 is 19.8 Å². The van der Waals surface area contributed by atoms with E-state index in [1.54, 1.807) is 0 Å². The molecule has 1 amide bonds. The van der Waals surface area contributed by atoms with E-state index in [4.69, 9.17) is 9.84 Å². The van der Waals surface area contributed by atoms with Crippen molar-refractivity contribution in [1.82, 2.24) is 4.90 Å². The predicted molar refractivity (Wildman–Crippen MR) is 82.0 cm³/mol. The molecule has 22 heavy (non-hydrogen) atoms. The van der Waals surface area contributed by atoms with Crippen LogP contribution < -0.4 is 4.74 Å². The molecule has 120 valence electrons. The fraction of sp³-hybridized carbons (Fsp3) is 0.588. The summed E-state index contributed by atoms with van der Waals surface area (Å²) in [5.74, 6) is 1.03. The van der Waals surface area contributed by atoms with E-state index in [1.807, 2.05) is 23.1 Å². The van der Waals surface area contributed by atoms with Crippen LogP contribution in [0.15, 0.2) is 18.2 Å². The highest BCUT2D eigenvalue weighted by Gasteiger charge is 2.28. The Morgan fingerprint density at radius 2 is 2.14 bits per heavy atom. The van der Waals surface area contributed by atoms with Gasteiger partial charge >= 0.3 is 0 Å². The third-order valence-corrected chi connectivity index (χ3v) is 4.71. The van der Waals surface area contributed by atoms with E-state index in [9.17, 15) is 9.90 Å². The molecule has 2 N–H and O–H groups in total. The van der Waals surface area contributed by atoms with Crippen LogP contribution in [0, 0.1) is 5.92 Å². The maximum Gasteiger partial charge on any atom is 0.253 e. The SMILES string of the molecule is O=C(c1ccc2c(c1)CCCO2)N1CCC(C(O)CO)CC1. The third kappa shape index (κ3) is 3.10. The Bertz CT molecular complexity index is 537. The van der Waals surface area contributed by atoms with Gasteiger partial charge in [0.05, 0.1) is 19.3 Å². The molecule has 1 saturated heterocycles. The van der Waals surface area contributed by atoms with Crippen molar-refractivity contribution < 1.29 is 19.7 Å². The number of ether oxygens (including phenoxy) is 1. The lowest BCUT2D eigenvalue weighted by Crippen LogP contribution is -2.42. The zero-order valence-corrected chi connectivity index (χ0v) is 12.7. The number of carbonyl (C=O) groups excluding carboxylic acids is 1. The predicted octanol–water partition coefficient (Wildman–Crippen LogP) is 1.22. The van der Waals surface area contributed by atoms with Gasteiger partial charge in [0, 0.05) is 18.7 Å². The number of carbonyl (C=O) groups is 1. The van der Waals surface area contributed by atoms with Crippen LogP contribution in [0.3, 0.4) is 0 Å². The first-order valence-corrected chi connectivity index (χ1v) is 8.03. The van der Waals surface area contributed by atoms with Crippen molar-refractivity contribution in [1.29, 1.82) is 0 Å². The molecule has 1 unspecified atom stereocenters. The van der Waals surface area contributed by atoms with Crippen molar-refractivity contribution in [3.63, 3.8) is 0 Å².